The molecule has 0 aromatic heterocycles. The van der Waals surface area contributed by atoms with E-state index in [2.05, 4.69) is 0 Å². The van der Waals surface area contributed by atoms with Gasteiger partial charge in [-0.2, -0.15) is 0 Å². The van der Waals surface area contributed by atoms with E-state index in [1.54, 1.807) is 0 Å². The second-order valence-corrected chi connectivity index (χ2v) is 2.12. The number of rotatable bonds is 0. The molecule has 0 radical (unpaired) electrons. The van der Waals surface area contributed by atoms with Gasteiger partial charge in [0.1, 0.15) is 0 Å². The van der Waals surface area contributed by atoms with Gasteiger partial charge in [0.05, 0.1) is 0 Å². The SMILES string of the molecule is C1CCCCC1.Cl.[AlH3]. The summed E-state index contributed by atoms with van der Waals surface area (Å²) in [4.78, 5) is 0. The highest BCUT2D eigenvalue weighted by molar-refractivity contribution is 5.85. The van der Waals surface area contributed by atoms with Crippen LogP contribution in [-0.2, 0) is 0 Å². The van der Waals surface area contributed by atoms with Gasteiger partial charge in [-0.05, 0) is 0 Å². The summed E-state index contributed by atoms with van der Waals surface area (Å²) in [5.74, 6) is 0. The Morgan fingerprint density at radius 3 is 0.750 bits per heavy atom. The molecule has 1 rings (SSSR count). The lowest BCUT2D eigenvalue weighted by Gasteiger charge is -2.05. The van der Waals surface area contributed by atoms with Crippen molar-refractivity contribution < 1.29 is 0 Å². The maximum atomic E-state index is 1.50. The van der Waals surface area contributed by atoms with E-state index in [-0.39, 0.29) is 29.8 Å². The summed E-state index contributed by atoms with van der Waals surface area (Å²) in [6.45, 7) is 0. The summed E-state index contributed by atoms with van der Waals surface area (Å²) in [5.41, 5.74) is 0. The smallest absolute Gasteiger partial charge is 0.147 e. The number of hydrogen-bond donors (Lipinski definition) is 0. The van der Waals surface area contributed by atoms with Gasteiger partial charge in [0, 0.05) is 0 Å². The second-order valence-electron chi connectivity index (χ2n) is 2.12. The molecule has 0 heterocycles. The Balaban J connectivity index is 0. The van der Waals surface area contributed by atoms with E-state index in [0.717, 1.165) is 0 Å². The number of halogens is 1. The Hall–Kier alpha value is 0.822. The molecule has 0 spiro atoms. The maximum absolute atomic E-state index is 1.50. The zero-order valence-electron chi connectivity index (χ0n) is 4.65. The summed E-state index contributed by atoms with van der Waals surface area (Å²) < 4.78 is 0. The first-order valence-electron chi connectivity index (χ1n) is 3.00. The summed E-state index contributed by atoms with van der Waals surface area (Å²) in [6, 6.07) is 0. The molecule has 1 fully saturated rings. The molecule has 0 saturated heterocycles. The molecule has 0 nitrogen and oxygen atoms in total. The fourth-order valence-corrected chi connectivity index (χ4v) is 1.06. The minimum Gasteiger partial charge on any atom is -0.147 e. The molecule has 0 bridgehead atoms. The molecule has 0 amide bonds. The van der Waals surface area contributed by atoms with Gasteiger partial charge >= 0.3 is 0 Å². The molecule has 1 aliphatic carbocycles. The van der Waals surface area contributed by atoms with E-state index in [1.165, 1.54) is 38.5 Å². The molecule has 8 heavy (non-hydrogen) atoms. The molecule has 1 aliphatic rings. The van der Waals surface area contributed by atoms with Crippen LogP contribution in [0.2, 0.25) is 0 Å². The predicted octanol–water partition coefficient (Wildman–Crippen LogP) is 1.58. The van der Waals surface area contributed by atoms with E-state index in [0.29, 0.717) is 0 Å². The van der Waals surface area contributed by atoms with Crippen molar-refractivity contribution in [3.05, 3.63) is 0 Å². The van der Waals surface area contributed by atoms with Crippen molar-refractivity contribution >= 4 is 29.8 Å². The van der Waals surface area contributed by atoms with Crippen LogP contribution < -0.4 is 0 Å². The van der Waals surface area contributed by atoms with Crippen LogP contribution in [0, 0.1) is 0 Å². The third kappa shape index (κ3) is 4.97. The van der Waals surface area contributed by atoms with Crippen LogP contribution in [0.15, 0.2) is 0 Å². The standard InChI is InChI=1S/C6H12.Al.ClH.3H/c1-2-4-6-5-3-1;;;;;/h1-6H2;;1H;;;. The molecule has 0 unspecified atom stereocenters. The van der Waals surface area contributed by atoms with Crippen LogP contribution in [0.1, 0.15) is 38.5 Å². The van der Waals surface area contributed by atoms with Gasteiger partial charge in [-0.3, -0.25) is 0 Å². The van der Waals surface area contributed by atoms with Gasteiger partial charge in [-0.15, -0.1) is 12.4 Å². The minimum atomic E-state index is 0. The Morgan fingerprint density at radius 1 is 0.500 bits per heavy atom. The van der Waals surface area contributed by atoms with Gasteiger partial charge in [-0.1, -0.05) is 38.5 Å². The molecule has 0 aromatic carbocycles. The Labute approximate surface area is 68.6 Å². The first kappa shape index (κ1) is 11.6. The topological polar surface area (TPSA) is 0 Å². The zero-order chi connectivity index (χ0) is 4.24. The first-order valence-corrected chi connectivity index (χ1v) is 3.00. The molecule has 0 N–H and O–H groups in total. The molecule has 2 heteroatoms. The molecular weight excluding hydrogens is 135 g/mol. The molecule has 50 valence electrons. The van der Waals surface area contributed by atoms with E-state index < -0.39 is 0 Å². The van der Waals surface area contributed by atoms with Gasteiger partial charge < -0.3 is 0 Å². The molecular formula is C6H16AlCl. The summed E-state index contributed by atoms with van der Waals surface area (Å²) in [6.07, 6.45) is 9.00. The average Bonchev–Trinajstić information content (AvgIpc) is 1.72. The van der Waals surface area contributed by atoms with Gasteiger partial charge in [-0.25, -0.2) is 0 Å². The Kier molecular flexibility index (Phi) is 11.3. The quantitative estimate of drug-likeness (QED) is 0.460. The molecule has 0 aliphatic heterocycles. The van der Waals surface area contributed by atoms with Gasteiger partial charge in [0.2, 0.25) is 0 Å². The molecule has 0 atom stereocenters. The van der Waals surface area contributed by atoms with Crippen LogP contribution in [0.4, 0.5) is 0 Å². The van der Waals surface area contributed by atoms with Crippen LogP contribution in [0.5, 0.6) is 0 Å². The summed E-state index contributed by atoms with van der Waals surface area (Å²) >= 11 is 0. The fourth-order valence-electron chi connectivity index (χ4n) is 1.06. The normalized spacial score (nSPS) is 18.0. The highest BCUT2D eigenvalue weighted by Gasteiger charge is 1.95. The molecule has 0 aromatic rings. The van der Waals surface area contributed by atoms with Crippen LogP contribution >= 0.6 is 12.4 Å². The lowest BCUT2D eigenvalue weighted by molar-refractivity contribution is 0.504. The monoisotopic (exact) mass is 150 g/mol. The average molecular weight is 151 g/mol. The van der Waals surface area contributed by atoms with Crippen LogP contribution in [0.3, 0.4) is 0 Å². The highest BCUT2D eigenvalue weighted by atomic mass is 35.5. The summed E-state index contributed by atoms with van der Waals surface area (Å²) in [5, 5.41) is 0. The molecule has 1 saturated carbocycles. The van der Waals surface area contributed by atoms with Gasteiger partial charge in [0.25, 0.3) is 0 Å². The minimum absolute atomic E-state index is 0. The zero-order valence-corrected chi connectivity index (χ0v) is 5.47. The first-order chi connectivity index (χ1) is 3.00. The van der Waals surface area contributed by atoms with Crippen molar-refractivity contribution in [2.75, 3.05) is 0 Å². The van der Waals surface area contributed by atoms with Crippen molar-refractivity contribution in [2.45, 2.75) is 38.5 Å². The number of hydrogen-bond acceptors (Lipinski definition) is 0. The predicted molar refractivity (Wildman–Crippen MR) is 44.9 cm³/mol. The van der Waals surface area contributed by atoms with Crippen LogP contribution in [-0.4, -0.2) is 17.4 Å². The lowest BCUT2D eigenvalue weighted by Crippen LogP contribution is -1.85. The van der Waals surface area contributed by atoms with Crippen molar-refractivity contribution in [2.24, 2.45) is 0 Å². The third-order valence-corrected chi connectivity index (χ3v) is 1.50. The Bertz CT molecular complexity index is 24.0. The van der Waals surface area contributed by atoms with E-state index in [1.807, 2.05) is 0 Å². The van der Waals surface area contributed by atoms with Crippen molar-refractivity contribution in [3.8, 4) is 0 Å². The van der Waals surface area contributed by atoms with Crippen molar-refractivity contribution in [1.29, 1.82) is 0 Å². The van der Waals surface area contributed by atoms with Crippen molar-refractivity contribution in [3.63, 3.8) is 0 Å². The second kappa shape index (κ2) is 7.82. The Morgan fingerprint density at radius 2 is 0.625 bits per heavy atom. The lowest BCUT2D eigenvalue weighted by atomic mass is 10.0. The van der Waals surface area contributed by atoms with Crippen LogP contribution in [0.25, 0.3) is 0 Å². The highest BCUT2D eigenvalue weighted by Crippen LogP contribution is 2.15. The van der Waals surface area contributed by atoms with Crippen molar-refractivity contribution in [1.82, 2.24) is 0 Å². The van der Waals surface area contributed by atoms with Gasteiger partial charge in [0.15, 0.2) is 17.4 Å². The summed E-state index contributed by atoms with van der Waals surface area (Å²) in [7, 11) is 0. The van der Waals surface area contributed by atoms with E-state index in [4.69, 9.17) is 0 Å². The van der Waals surface area contributed by atoms with E-state index in [9.17, 15) is 0 Å². The van der Waals surface area contributed by atoms with E-state index >= 15 is 0 Å². The fraction of sp³-hybridized carbons (Fsp3) is 1.00. The largest absolute Gasteiger partial charge is 0.187 e. The third-order valence-electron chi connectivity index (χ3n) is 1.50. The maximum Gasteiger partial charge on any atom is 0.187 e.